The molecule has 1 unspecified atom stereocenters. The Morgan fingerprint density at radius 2 is 1.92 bits per heavy atom. The minimum atomic E-state index is -0.241. The molecule has 2 N–H and O–H groups in total. The van der Waals surface area contributed by atoms with Crippen LogP contribution < -0.4 is 15.4 Å². The lowest BCUT2D eigenvalue weighted by Crippen LogP contribution is -2.39. The summed E-state index contributed by atoms with van der Waals surface area (Å²) in [4.78, 5) is 18.7. The highest BCUT2D eigenvalue weighted by Gasteiger charge is 2.32. The van der Waals surface area contributed by atoms with Crippen molar-refractivity contribution in [2.75, 3.05) is 25.1 Å². The van der Waals surface area contributed by atoms with E-state index in [4.69, 9.17) is 10.5 Å². The average molecular weight is 325 g/mol. The molecule has 1 aliphatic heterocycles. The lowest BCUT2D eigenvalue weighted by atomic mass is 9.79. The fourth-order valence-electron chi connectivity index (χ4n) is 3.55. The van der Waals surface area contributed by atoms with Crippen LogP contribution in [0.1, 0.15) is 24.3 Å². The van der Waals surface area contributed by atoms with Crippen LogP contribution in [0.5, 0.6) is 5.75 Å². The van der Waals surface area contributed by atoms with Crippen molar-refractivity contribution in [3.05, 3.63) is 54.2 Å². The van der Waals surface area contributed by atoms with E-state index in [9.17, 15) is 4.79 Å². The second-order valence-electron chi connectivity index (χ2n) is 6.14. The standard InChI is InChI=1S/C19H23N3O2/c1-24-16-8-5-11-21-19(16)22-12-9-15(10-13-22)17(18(20)23)14-6-3-2-4-7-14/h2-8,11,15,17H,9-10,12-13H2,1H3,(H2,20,23). The lowest BCUT2D eigenvalue weighted by Gasteiger charge is -2.36. The van der Waals surface area contributed by atoms with Crippen LogP contribution in [0.25, 0.3) is 0 Å². The van der Waals surface area contributed by atoms with Crippen molar-refractivity contribution in [3.63, 3.8) is 0 Å². The van der Waals surface area contributed by atoms with Gasteiger partial charge < -0.3 is 15.4 Å². The highest BCUT2D eigenvalue weighted by molar-refractivity contribution is 5.82. The van der Waals surface area contributed by atoms with Crippen molar-refractivity contribution in [1.29, 1.82) is 0 Å². The van der Waals surface area contributed by atoms with E-state index in [0.29, 0.717) is 0 Å². The number of hydrogen-bond acceptors (Lipinski definition) is 4. The second kappa shape index (κ2) is 7.34. The van der Waals surface area contributed by atoms with Gasteiger partial charge in [-0.3, -0.25) is 4.79 Å². The molecule has 1 aromatic heterocycles. The second-order valence-corrected chi connectivity index (χ2v) is 6.14. The van der Waals surface area contributed by atoms with Gasteiger partial charge in [0.05, 0.1) is 13.0 Å². The number of aromatic nitrogens is 1. The number of pyridine rings is 1. The van der Waals surface area contributed by atoms with Gasteiger partial charge in [0.2, 0.25) is 5.91 Å². The topological polar surface area (TPSA) is 68.4 Å². The van der Waals surface area contributed by atoms with E-state index in [1.165, 1.54) is 0 Å². The Kier molecular flexibility index (Phi) is 4.99. The molecule has 0 radical (unpaired) electrons. The van der Waals surface area contributed by atoms with Gasteiger partial charge in [-0.2, -0.15) is 0 Å². The van der Waals surface area contributed by atoms with Crippen molar-refractivity contribution in [1.82, 2.24) is 4.98 Å². The van der Waals surface area contributed by atoms with Gasteiger partial charge >= 0.3 is 0 Å². The summed E-state index contributed by atoms with van der Waals surface area (Å²) in [6, 6.07) is 13.6. The fourth-order valence-corrected chi connectivity index (χ4v) is 3.55. The zero-order chi connectivity index (χ0) is 16.9. The highest BCUT2D eigenvalue weighted by atomic mass is 16.5. The van der Waals surface area contributed by atoms with Crippen LogP contribution in [0.4, 0.5) is 5.82 Å². The van der Waals surface area contributed by atoms with E-state index in [-0.39, 0.29) is 17.7 Å². The van der Waals surface area contributed by atoms with Crippen molar-refractivity contribution in [2.24, 2.45) is 11.7 Å². The first-order chi connectivity index (χ1) is 11.7. The first-order valence-electron chi connectivity index (χ1n) is 8.29. The van der Waals surface area contributed by atoms with Gasteiger partial charge in [-0.25, -0.2) is 4.98 Å². The first-order valence-corrected chi connectivity index (χ1v) is 8.29. The number of anilines is 1. The maximum Gasteiger partial charge on any atom is 0.225 e. The summed E-state index contributed by atoms with van der Waals surface area (Å²) in [5.41, 5.74) is 6.72. The van der Waals surface area contributed by atoms with Gasteiger partial charge in [-0.05, 0) is 36.5 Å². The third-order valence-corrected chi connectivity index (χ3v) is 4.75. The molecule has 1 fully saturated rings. The number of carbonyl (C=O) groups excluding carboxylic acids is 1. The van der Waals surface area contributed by atoms with Crippen molar-refractivity contribution >= 4 is 11.7 Å². The molecular formula is C19H23N3O2. The normalized spacial score (nSPS) is 16.6. The molecular weight excluding hydrogens is 302 g/mol. The Morgan fingerprint density at radius 1 is 1.21 bits per heavy atom. The minimum Gasteiger partial charge on any atom is -0.493 e. The Bertz CT molecular complexity index is 682. The van der Waals surface area contributed by atoms with E-state index < -0.39 is 0 Å². The van der Waals surface area contributed by atoms with Gasteiger partial charge in [0.25, 0.3) is 0 Å². The van der Waals surface area contributed by atoms with Gasteiger partial charge in [0, 0.05) is 19.3 Å². The Labute approximate surface area is 142 Å². The van der Waals surface area contributed by atoms with Crippen LogP contribution in [-0.4, -0.2) is 31.1 Å². The fraction of sp³-hybridized carbons (Fsp3) is 0.368. The molecule has 1 amide bonds. The summed E-state index contributed by atoms with van der Waals surface area (Å²) in [5, 5.41) is 0. The Balaban J connectivity index is 1.73. The number of rotatable bonds is 5. The molecule has 1 atom stereocenters. The average Bonchev–Trinajstić information content (AvgIpc) is 2.63. The highest BCUT2D eigenvalue weighted by Crippen LogP contribution is 2.35. The smallest absolute Gasteiger partial charge is 0.225 e. The number of benzene rings is 1. The van der Waals surface area contributed by atoms with Crippen LogP contribution in [0.2, 0.25) is 0 Å². The van der Waals surface area contributed by atoms with Crippen molar-refractivity contribution < 1.29 is 9.53 Å². The van der Waals surface area contributed by atoms with Crippen LogP contribution in [-0.2, 0) is 4.79 Å². The summed E-state index contributed by atoms with van der Waals surface area (Å²) < 4.78 is 5.40. The van der Waals surface area contributed by atoms with E-state index in [2.05, 4.69) is 9.88 Å². The number of primary amides is 1. The summed E-state index contributed by atoms with van der Waals surface area (Å²) in [6.07, 6.45) is 3.59. The molecule has 0 spiro atoms. The molecule has 3 rings (SSSR count). The molecule has 1 aromatic carbocycles. The maximum atomic E-state index is 12.0. The molecule has 5 nitrogen and oxygen atoms in total. The molecule has 0 aliphatic carbocycles. The molecule has 2 heterocycles. The van der Waals surface area contributed by atoms with Crippen LogP contribution in [0.3, 0.4) is 0 Å². The quantitative estimate of drug-likeness (QED) is 0.917. The summed E-state index contributed by atoms with van der Waals surface area (Å²) >= 11 is 0. The lowest BCUT2D eigenvalue weighted by molar-refractivity contribution is -0.120. The van der Waals surface area contributed by atoms with Crippen molar-refractivity contribution in [3.8, 4) is 5.75 Å². The number of ether oxygens (including phenoxy) is 1. The number of nitrogens with zero attached hydrogens (tertiary/aromatic N) is 2. The molecule has 0 bridgehead atoms. The molecule has 126 valence electrons. The number of nitrogens with two attached hydrogens (primary N) is 1. The van der Waals surface area contributed by atoms with Gasteiger partial charge in [-0.1, -0.05) is 30.3 Å². The van der Waals surface area contributed by atoms with Crippen LogP contribution in [0.15, 0.2) is 48.7 Å². The summed E-state index contributed by atoms with van der Waals surface area (Å²) in [7, 11) is 1.66. The summed E-state index contributed by atoms with van der Waals surface area (Å²) in [6.45, 7) is 1.68. The molecule has 5 heteroatoms. The van der Waals surface area contributed by atoms with Gasteiger partial charge in [-0.15, -0.1) is 0 Å². The van der Waals surface area contributed by atoms with Crippen LogP contribution >= 0.6 is 0 Å². The molecule has 1 aliphatic rings. The predicted molar refractivity (Wildman–Crippen MR) is 94.1 cm³/mol. The molecule has 2 aromatic rings. The van der Waals surface area contributed by atoms with E-state index >= 15 is 0 Å². The third kappa shape index (κ3) is 3.35. The molecule has 24 heavy (non-hydrogen) atoms. The van der Waals surface area contributed by atoms with E-state index in [0.717, 1.165) is 43.1 Å². The summed E-state index contributed by atoms with van der Waals surface area (Å²) in [5.74, 6) is 1.45. The SMILES string of the molecule is COc1cccnc1N1CCC(C(C(N)=O)c2ccccc2)CC1. The van der Waals surface area contributed by atoms with Gasteiger partial charge in [0.15, 0.2) is 11.6 Å². The maximum absolute atomic E-state index is 12.0. The van der Waals surface area contributed by atoms with Crippen molar-refractivity contribution in [2.45, 2.75) is 18.8 Å². The third-order valence-electron chi connectivity index (χ3n) is 4.75. The van der Waals surface area contributed by atoms with E-state index in [1.54, 1.807) is 13.3 Å². The predicted octanol–water partition coefficient (Wildman–Crippen LogP) is 2.58. The Morgan fingerprint density at radius 3 is 2.54 bits per heavy atom. The number of amides is 1. The molecule has 0 saturated carbocycles. The zero-order valence-corrected chi connectivity index (χ0v) is 13.9. The molecule has 1 saturated heterocycles. The monoisotopic (exact) mass is 325 g/mol. The van der Waals surface area contributed by atoms with Crippen LogP contribution in [0, 0.1) is 5.92 Å². The van der Waals surface area contributed by atoms with Gasteiger partial charge in [0.1, 0.15) is 0 Å². The Hall–Kier alpha value is -2.56. The first kappa shape index (κ1) is 16.3. The number of carbonyl (C=O) groups is 1. The number of piperidine rings is 1. The number of hydrogen-bond donors (Lipinski definition) is 1. The minimum absolute atomic E-state index is 0.223. The largest absolute Gasteiger partial charge is 0.493 e. The zero-order valence-electron chi connectivity index (χ0n) is 13.9. The number of methoxy groups -OCH3 is 1. The van der Waals surface area contributed by atoms with E-state index in [1.807, 2.05) is 42.5 Å².